The van der Waals surface area contributed by atoms with Gasteiger partial charge in [0, 0.05) is 51.0 Å². The van der Waals surface area contributed by atoms with Crippen LogP contribution >= 0.6 is 0 Å². The van der Waals surface area contributed by atoms with Gasteiger partial charge in [-0.05, 0) is 12.6 Å². The lowest BCUT2D eigenvalue weighted by atomic mass is 10.1. The third kappa shape index (κ3) is 4.78. The number of carbonyl (C=O) groups is 1. The van der Waals surface area contributed by atoms with Crippen molar-refractivity contribution in [1.82, 2.24) is 27.7 Å². The van der Waals surface area contributed by atoms with Crippen LogP contribution in [0.25, 0.3) is 0 Å². The van der Waals surface area contributed by atoms with Gasteiger partial charge in [-0.3, -0.25) is 9.69 Å². The van der Waals surface area contributed by atoms with E-state index in [0.717, 1.165) is 22.0 Å². The summed E-state index contributed by atoms with van der Waals surface area (Å²) in [5.74, 6) is 1.28. The van der Waals surface area contributed by atoms with Crippen LogP contribution in [0.3, 0.4) is 0 Å². The van der Waals surface area contributed by atoms with Gasteiger partial charge in [0.05, 0.1) is 13.1 Å². The summed E-state index contributed by atoms with van der Waals surface area (Å²) in [5, 5.41) is 0. The Morgan fingerprint density at radius 1 is 0.966 bits per heavy atom. The number of hydrogen-bond donors (Lipinski definition) is 0. The van der Waals surface area contributed by atoms with Crippen molar-refractivity contribution in [3.05, 3.63) is 71.8 Å². The number of carbonyl (C=O) groups excluding carboxylic acids is 1. The zero-order valence-electron chi connectivity index (χ0n) is 16.6. The van der Waals surface area contributed by atoms with E-state index in [-0.39, 0.29) is 0 Å². The molecule has 0 aliphatic heterocycles. The molecule has 3 rings (SSSR count). The maximum atomic E-state index is 12.4. The van der Waals surface area contributed by atoms with E-state index < -0.39 is 10.2 Å². The number of imidazole rings is 2. The standard InChI is InChI=1S/C19H24N6O3S/c1-22(2)29(27,28)25-11-9-21-19(25)14-23(3)13-18-20-8-10-24(18)12-16-4-6-17(15-26)7-5-16/h4-11,15H,12-14H2,1-3H3. The maximum absolute atomic E-state index is 12.4. The molecule has 0 fully saturated rings. The minimum absolute atomic E-state index is 0.348. The molecule has 0 bridgehead atoms. The summed E-state index contributed by atoms with van der Waals surface area (Å²) in [6.07, 6.45) is 7.38. The van der Waals surface area contributed by atoms with Gasteiger partial charge in [0.25, 0.3) is 0 Å². The summed E-state index contributed by atoms with van der Waals surface area (Å²) < 4.78 is 29.2. The summed E-state index contributed by atoms with van der Waals surface area (Å²) in [5.41, 5.74) is 1.70. The van der Waals surface area contributed by atoms with Gasteiger partial charge in [-0.25, -0.2) is 13.9 Å². The second-order valence-corrected chi connectivity index (χ2v) is 8.95. The molecule has 10 heteroatoms. The monoisotopic (exact) mass is 416 g/mol. The molecular formula is C19H24N6O3S. The lowest BCUT2D eigenvalue weighted by Crippen LogP contribution is -2.31. The Morgan fingerprint density at radius 3 is 2.24 bits per heavy atom. The minimum Gasteiger partial charge on any atom is -0.329 e. The van der Waals surface area contributed by atoms with E-state index in [2.05, 4.69) is 9.97 Å². The lowest BCUT2D eigenvalue weighted by Gasteiger charge is -2.19. The molecule has 0 N–H and O–H groups in total. The Bertz CT molecular complexity index is 1070. The number of aldehydes is 1. The van der Waals surface area contributed by atoms with Crippen LogP contribution in [0.2, 0.25) is 0 Å². The Hall–Kier alpha value is -2.82. The van der Waals surface area contributed by atoms with Crippen LogP contribution in [0.15, 0.2) is 49.1 Å². The highest BCUT2D eigenvalue weighted by Gasteiger charge is 2.21. The molecule has 0 aliphatic rings. The van der Waals surface area contributed by atoms with Crippen molar-refractivity contribution in [3.63, 3.8) is 0 Å². The van der Waals surface area contributed by atoms with E-state index in [9.17, 15) is 13.2 Å². The van der Waals surface area contributed by atoms with Gasteiger partial charge in [0.1, 0.15) is 17.9 Å². The predicted octanol–water partition coefficient (Wildman–Crippen LogP) is 1.23. The normalized spacial score (nSPS) is 12.0. The van der Waals surface area contributed by atoms with Gasteiger partial charge in [0.2, 0.25) is 0 Å². The molecule has 0 atom stereocenters. The molecule has 0 amide bonds. The number of benzene rings is 1. The first-order chi connectivity index (χ1) is 13.8. The van der Waals surface area contributed by atoms with E-state index in [1.807, 2.05) is 34.8 Å². The van der Waals surface area contributed by atoms with E-state index >= 15 is 0 Å². The van der Waals surface area contributed by atoms with Gasteiger partial charge < -0.3 is 4.57 Å². The van der Waals surface area contributed by atoms with Crippen LogP contribution in [0.4, 0.5) is 0 Å². The van der Waals surface area contributed by atoms with E-state index in [0.29, 0.717) is 31.0 Å². The van der Waals surface area contributed by atoms with Crippen LogP contribution in [-0.2, 0) is 29.8 Å². The van der Waals surface area contributed by atoms with E-state index in [1.165, 1.54) is 30.5 Å². The topological polar surface area (TPSA) is 93.3 Å². The van der Waals surface area contributed by atoms with Crippen molar-refractivity contribution in [2.24, 2.45) is 0 Å². The molecule has 0 unspecified atom stereocenters. The molecule has 0 saturated heterocycles. The molecule has 1 aromatic carbocycles. The minimum atomic E-state index is -3.61. The largest absolute Gasteiger partial charge is 0.329 e. The number of rotatable bonds is 9. The second kappa shape index (κ2) is 8.68. The first kappa shape index (κ1) is 20.9. The highest BCUT2D eigenvalue weighted by atomic mass is 32.2. The molecule has 154 valence electrons. The van der Waals surface area contributed by atoms with Crippen molar-refractivity contribution in [2.75, 3.05) is 21.1 Å². The van der Waals surface area contributed by atoms with Crippen molar-refractivity contribution < 1.29 is 13.2 Å². The maximum Gasteiger partial charge on any atom is 0.308 e. The fraction of sp³-hybridized carbons (Fsp3) is 0.316. The lowest BCUT2D eigenvalue weighted by molar-refractivity contribution is 0.112. The summed E-state index contributed by atoms with van der Waals surface area (Å²) in [4.78, 5) is 21.4. The molecule has 2 aromatic heterocycles. The Balaban J connectivity index is 1.70. The van der Waals surface area contributed by atoms with Gasteiger partial charge in [-0.2, -0.15) is 12.7 Å². The molecule has 9 nitrogen and oxygen atoms in total. The average Bonchev–Trinajstić information content (AvgIpc) is 3.32. The number of nitrogens with zero attached hydrogens (tertiary/aromatic N) is 6. The van der Waals surface area contributed by atoms with Gasteiger partial charge in [-0.1, -0.05) is 24.3 Å². The predicted molar refractivity (Wildman–Crippen MR) is 109 cm³/mol. The van der Waals surface area contributed by atoms with Gasteiger partial charge in [-0.15, -0.1) is 0 Å². The first-order valence-electron chi connectivity index (χ1n) is 8.99. The summed E-state index contributed by atoms with van der Waals surface area (Å²) in [6, 6.07) is 7.41. The average molecular weight is 417 g/mol. The van der Waals surface area contributed by atoms with Crippen molar-refractivity contribution in [1.29, 1.82) is 0 Å². The highest BCUT2D eigenvalue weighted by Crippen LogP contribution is 2.12. The van der Waals surface area contributed by atoms with Gasteiger partial charge in [0.15, 0.2) is 0 Å². The summed E-state index contributed by atoms with van der Waals surface area (Å²) >= 11 is 0. The fourth-order valence-corrected chi connectivity index (χ4v) is 3.82. The van der Waals surface area contributed by atoms with Crippen LogP contribution < -0.4 is 0 Å². The molecule has 29 heavy (non-hydrogen) atoms. The van der Waals surface area contributed by atoms with Crippen LogP contribution in [0.1, 0.15) is 27.6 Å². The summed E-state index contributed by atoms with van der Waals surface area (Å²) in [7, 11) is 1.25. The molecule has 2 heterocycles. The Morgan fingerprint density at radius 2 is 1.59 bits per heavy atom. The zero-order valence-corrected chi connectivity index (χ0v) is 17.5. The third-order valence-corrected chi connectivity index (χ3v) is 6.24. The Kier molecular flexibility index (Phi) is 6.26. The first-order valence-corrected chi connectivity index (χ1v) is 10.4. The van der Waals surface area contributed by atoms with Crippen LogP contribution in [0, 0.1) is 0 Å². The quantitative estimate of drug-likeness (QED) is 0.487. The molecule has 0 saturated carbocycles. The van der Waals surface area contributed by atoms with Crippen molar-refractivity contribution in [2.45, 2.75) is 19.6 Å². The molecule has 0 radical (unpaired) electrons. The SMILES string of the molecule is CN(Cc1nccn1Cc1ccc(C=O)cc1)Cc1nccn1S(=O)(=O)N(C)C. The third-order valence-electron chi connectivity index (χ3n) is 4.48. The number of aromatic nitrogens is 4. The van der Waals surface area contributed by atoms with Crippen molar-refractivity contribution in [3.8, 4) is 0 Å². The Labute approximate surface area is 170 Å². The number of hydrogen-bond acceptors (Lipinski definition) is 6. The highest BCUT2D eigenvalue weighted by molar-refractivity contribution is 7.87. The van der Waals surface area contributed by atoms with Crippen LogP contribution in [-0.4, -0.2) is 63.6 Å². The van der Waals surface area contributed by atoms with E-state index in [4.69, 9.17) is 0 Å². The molecule has 0 aliphatic carbocycles. The zero-order chi connectivity index (χ0) is 21.0. The smallest absolute Gasteiger partial charge is 0.308 e. The second-order valence-electron chi connectivity index (χ2n) is 6.93. The molecule has 0 spiro atoms. The van der Waals surface area contributed by atoms with Crippen LogP contribution in [0.5, 0.6) is 0 Å². The van der Waals surface area contributed by atoms with Crippen molar-refractivity contribution >= 4 is 16.5 Å². The van der Waals surface area contributed by atoms with Gasteiger partial charge >= 0.3 is 10.2 Å². The summed E-state index contributed by atoms with van der Waals surface area (Å²) in [6.45, 7) is 1.50. The molecule has 3 aromatic rings. The molecular weight excluding hydrogens is 392 g/mol. The fourth-order valence-electron chi connectivity index (χ4n) is 2.89. The van der Waals surface area contributed by atoms with E-state index in [1.54, 1.807) is 18.3 Å².